The average Bonchev–Trinajstić information content (AvgIpc) is 2.81. The van der Waals surface area contributed by atoms with E-state index in [-0.39, 0.29) is 11.8 Å². The van der Waals surface area contributed by atoms with Gasteiger partial charge < -0.3 is 10.6 Å². The number of nitrogens with two attached hydrogens (primary N) is 1. The van der Waals surface area contributed by atoms with Gasteiger partial charge in [0.25, 0.3) is 0 Å². The van der Waals surface area contributed by atoms with Gasteiger partial charge in [-0.05, 0) is 55.2 Å². The fourth-order valence-corrected chi connectivity index (χ4v) is 5.30. The largest absolute Gasteiger partial charge is 0.369 e. The Bertz CT molecular complexity index is 898. The van der Waals surface area contributed by atoms with Crippen LogP contribution in [0.2, 0.25) is 0 Å². The van der Waals surface area contributed by atoms with Crippen LogP contribution in [0.15, 0.2) is 48.8 Å². The van der Waals surface area contributed by atoms with Crippen LogP contribution in [0, 0.1) is 11.3 Å². The van der Waals surface area contributed by atoms with Crippen molar-refractivity contribution in [3.8, 4) is 11.1 Å². The Morgan fingerprint density at radius 3 is 2.45 bits per heavy atom. The maximum absolute atomic E-state index is 12.8. The summed E-state index contributed by atoms with van der Waals surface area (Å²) in [6.07, 6.45) is 12.3. The fourth-order valence-electron chi connectivity index (χ4n) is 5.30. The zero-order valence-electron chi connectivity index (χ0n) is 18.3. The Hall–Kier alpha value is -2.69. The first kappa shape index (κ1) is 21.5. The molecule has 4 rings (SSSR count). The molecule has 5 nitrogen and oxygen atoms in total. The van der Waals surface area contributed by atoms with Crippen LogP contribution in [0.4, 0.5) is 0 Å². The summed E-state index contributed by atoms with van der Waals surface area (Å²) in [5.74, 6) is 0.532. The second-order valence-corrected chi connectivity index (χ2v) is 9.31. The molecule has 1 saturated heterocycles. The lowest BCUT2D eigenvalue weighted by molar-refractivity contribution is -0.139. The second-order valence-electron chi connectivity index (χ2n) is 9.31. The van der Waals surface area contributed by atoms with E-state index in [1.165, 1.54) is 32.1 Å². The third-order valence-electron chi connectivity index (χ3n) is 7.30. The van der Waals surface area contributed by atoms with Crippen LogP contribution >= 0.6 is 0 Å². The highest BCUT2D eigenvalue weighted by Crippen LogP contribution is 2.38. The summed E-state index contributed by atoms with van der Waals surface area (Å²) in [5.41, 5.74) is 8.58. The van der Waals surface area contributed by atoms with Crippen LogP contribution < -0.4 is 5.73 Å². The molecule has 2 N–H and O–H groups in total. The monoisotopic (exact) mass is 419 g/mol. The van der Waals surface area contributed by atoms with Crippen LogP contribution in [0.25, 0.3) is 11.1 Å². The van der Waals surface area contributed by atoms with E-state index in [0.717, 1.165) is 16.7 Å². The molecule has 2 fully saturated rings. The second kappa shape index (κ2) is 9.63. The highest BCUT2D eigenvalue weighted by atomic mass is 16.2. The van der Waals surface area contributed by atoms with E-state index in [0.29, 0.717) is 44.7 Å². The number of pyridine rings is 1. The molecule has 0 radical (unpaired) electrons. The molecule has 0 bridgehead atoms. The van der Waals surface area contributed by atoms with Gasteiger partial charge in [-0.3, -0.25) is 14.6 Å². The summed E-state index contributed by atoms with van der Waals surface area (Å²) in [5, 5.41) is 0. The van der Waals surface area contributed by atoms with Gasteiger partial charge in [-0.2, -0.15) is 0 Å². The van der Waals surface area contributed by atoms with Gasteiger partial charge in [0.05, 0.1) is 5.41 Å². The molecule has 0 spiro atoms. The lowest BCUT2D eigenvalue weighted by Crippen LogP contribution is -2.50. The van der Waals surface area contributed by atoms with Crippen molar-refractivity contribution in [2.24, 2.45) is 17.1 Å². The standard InChI is InChI=1S/C26H33N3O2/c27-25(31)26(18-21-9-4-5-11-23(21)22-10-6-14-28-19-22)12-15-29(16-13-26)24(30)17-20-7-2-1-3-8-20/h4-6,9-11,14,19-20H,1-3,7-8,12-13,15-18H2,(H2,27,31). The number of carbonyl (C=O) groups is 2. The number of likely N-dealkylation sites (tertiary alicyclic amines) is 1. The SMILES string of the molecule is NC(=O)C1(Cc2ccccc2-c2cccnc2)CCN(C(=O)CC2CCCCC2)CC1. The first-order chi connectivity index (χ1) is 15.1. The van der Waals surface area contributed by atoms with Gasteiger partial charge in [-0.1, -0.05) is 49.6 Å². The number of hydrogen-bond acceptors (Lipinski definition) is 3. The van der Waals surface area contributed by atoms with Gasteiger partial charge in [0.15, 0.2) is 0 Å². The number of benzene rings is 1. The van der Waals surface area contributed by atoms with Crippen LogP contribution in [-0.2, 0) is 16.0 Å². The normalized spacial score (nSPS) is 19.2. The Kier molecular flexibility index (Phi) is 6.69. The first-order valence-corrected chi connectivity index (χ1v) is 11.6. The van der Waals surface area contributed by atoms with Crippen molar-refractivity contribution in [3.05, 3.63) is 54.4 Å². The van der Waals surface area contributed by atoms with Gasteiger partial charge in [0.1, 0.15) is 0 Å². The summed E-state index contributed by atoms with van der Waals surface area (Å²) < 4.78 is 0. The molecular formula is C26H33N3O2. The minimum atomic E-state index is -0.611. The number of hydrogen-bond donors (Lipinski definition) is 1. The number of primary amides is 1. The number of aromatic nitrogens is 1. The maximum atomic E-state index is 12.8. The van der Waals surface area contributed by atoms with Gasteiger partial charge in [-0.15, -0.1) is 0 Å². The Morgan fingerprint density at radius 2 is 1.77 bits per heavy atom. The number of carbonyl (C=O) groups excluding carboxylic acids is 2. The topological polar surface area (TPSA) is 76.3 Å². The molecule has 1 saturated carbocycles. The van der Waals surface area contributed by atoms with Crippen molar-refractivity contribution in [3.63, 3.8) is 0 Å². The van der Waals surface area contributed by atoms with E-state index < -0.39 is 5.41 Å². The molecule has 1 aliphatic heterocycles. The van der Waals surface area contributed by atoms with Crippen LogP contribution in [-0.4, -0.2) is 34.8 Å². The molecule has 2 aromatic rings. The van der Waals surface area contributed by atoms with Crippen molar-refractivity contribution in [2.45, 2.75) is 57.8 Å². The number of piperidine rings is 1. The molecule has 2 aliphatic rings. The minimum Gasteiger partial charge on any atom is -0.369 e. The summed E-state index contributed by atoms with van der Waals surface area (Å²) in [6.45, 7) is 1.23. The van der Waals surface area contributed by atoms with E-state index >= 15 is 0 Å². The summed E-state index contributed by atoms with van der Waals surface area (Å²) in [7, 11) is 0. The van der Waals surface area contributed by atoms with Crippen molar-refractivity contribution < 1.29 is 9.59 Å². The van der Waals surface area contributed by atoms with Gasteiger partial charge in [0, 0.05) is 37.5 Å². The molecule has 0 unspecified atom stereocenters. The number of rotatable bonds is 6. The molecule has 1 aromatic heterocycles. The van der Waals surface area contributed by atoms with E-state index in [4.69, 9.17) is 5.73 Å². The van der Waals surface area contributed by atoms with Crippen LogP contribution in [0.3, 0.4) is 0 Å². The summed E-state index contributed by atoms with van der Waals surface area (Å²) in [4.78, 5) is 31.7. The molecular weight excluding hydrogens is 386 g/mol. The van der Waals surface area contributed by atoms with E-state index in [1.54, 1.807) is 6.20 Å². The van der Waals surface area contributed by atoms with Crippen molar-refractivity contribution >= 4 is 11.8 Å². The third-order valence-corrected chi connectivity index (χ3v) is 7.30. The third kappa shape index (κ3) is 4.97. The summed E-state index contributed by atoms with van der Waals surface area (Å²) >= 11 is 0. The molecule has 1 aromatic carbocycles. The lowest BCUT2D eigenvalue weighted by Gasteiger charge is -2.40. The molecule has 0 atom stereocenters. The van der Waals surface area contributed by atoms with E-state index in [1.807, 2.05) is 35.4 Å². The zero-order valence-corrected chi connectivity index (χ0v) is 18.3. The maximum Gasteiger partial charge on any atom is 0.224 e. The minimum absolute atomic E-state index is 0.251. The molecule has 5 heteroatoms. The average molecular weight is 420 g/mol. The number of amides is 2. The molecule has 1 aliphatic carbocycles. The predicted octanol–water partition coefficient (Wildman–Crippen LogP) is 4.36. The Labute approximate surface area is 185 Å². The Morgan fingerprint density at radius 1 is 1.03 bits per heavy atom. The van der Waals surface area contributed by atoms with Gasteiger partial charge in [0.2, 0.25) is 11.8 Å². The highest BCUT2D eigenvalue weighted by Gasteiger charge is 2.41. The quantitative estimate of drug-likeness (QED) is 0.756. The van der Waals surface area contributed by atoms with Crippen molar-refractivity contribution in [1.29, 1.82) is 0 Å². The van der Waals surface area contributed by atoms with E-state index in [2.05, 4.69) is 17.1 Å². The summed E-state index contributed by atoms with van der Waals surface area (Å²) in [6, 6.07) is 12.1. The molecule has 2 amide bonds. The molecule has 2 heterocycles. The first-order valence-electron chi connectivity index (χ1n) is 11.6. The predicted molar refractivity (Wildman–Crippen MR) is 122 cm³/mol. The molecule has 31 heavy (non-hydrogen) atoms. The van der Waals surface area contributed by atoms with Crippen LogP contribution in [0.1, 0.15) is 56.9 Å². The fraction of sp³-hybridized carbons (Fsp3) is 0.500. The lowest BCUT2D eigenvalue weighted by atomic mass is 9.72. The zero-order chi connectivity index (χ0) is 21.7. The van der Waals surface area contributed by atoms with Crippen molar-refractivity contribution in [1.82, 2.24) is 9.88 Å². The van der Waals surface area contributed by atoms with Crippen LogP contribution in [0.5, 0.6) is 0 Å². The van der Waals surface area contributed by atoms with Gasteiger partial charge in [-0.25, -0.2) is 0 Å². The smallest absolute Gasteiger partial charge is 0.224 e. The Balaban J connectivity index is 1.46. The van der Waals surface area contributed by atoms with E-state index in [9.17, 15) is 9.59 Å². The van der Waals surface area contributed by atoms with Crippen molar-refractivity contribution in [2.75, 3.05) is 13.1 Å². The number of nitrogens with zero attached hydrogens (tertiary/aromatic N) is 2. The highest BCUT2D eigenvalue weighted by molar-refractivity contribution is 5.83. The van der Waals surface area contributed by atoms with Gasteiger partial charge >= 0.3 is 0 Å². The molecule has 164 valence electrons.